The van der Waals surface area contributed by atoms with E-state index in [0.29, 0.717) is 33.3 Å². The standard InChI is InChI=1S/C24H25ClN6O3/c1-24(2,3)34-23(33)31-19(16-12-28-30(5)13-16)9-15-11-27-21(10-20(15)31)29-18-7-6-14(8-17(18)25)22(32)26-4/h6-13H,1-5H3,(H,26,32)(H,27,29). The van der Waals surface area contributed by atoms with Crippen molar-refractivity contribution in [1.82, 2.24) is 24.6 Å². The summed E-state index contributed by atoms with van der Waals surface area (Å²) >= 11 is 6.38. The van der Waals surface area contributed by atoms with Crippen molar-refractivity contribution in [3.63, 3.8) is 0 Å². The lowest BCUT2D eigenvalue weighted by atomic mass is 10.2. The van der Waals surface area contributed by atoms with E-state index in [1.54, 1.807) is 48.4 Å². The van der Waals surface area contributed by atoms with Gasteiger partial charge in [0.1, 0.15) is 11.4 Å². The maximum Gasteiger partial charge on any atom is 0.419 e. The van der Waals surface area contributed by atoms with Crippen LogP contribution in [-0.2, 0) is 11.8 Å². The van der Waals surface area contributed by atoms with Crippen LogP contribution in [0.5, 0.6) is 0 Å². The predicted octanol–water partition coefficient (Wildman–Crippen LogP) is 4.98. The minimum absolute atomic E-state index is 0.230. The highest BCUT2D eigenvalue weighted by Gasteiger charge is 2.24. The predicted molar refractivity (Wildman–Crippen MR) is 132 cm³/mol. The molecule has 0 spiro atoms. The molecule has 0 aliphatic heterocycles. The van der Waals surface area contributed by atoms with Gasteiger partial charge in [-0.2, -0.15) is 5.10 Å². The van der Waals surface area contributed by atoms with Gasteiger partial charge < -0.3 is 15.4 Å². The Morgan fingerprint density at radius 1 is 1.12 bits per heavy atom. The lowest BCUT2D eigenvalue weighted by Crippen LogP contribution is -2.27. The first-order chi connectivity index (χ1) is 16.1. The number of rotatable bonds is 4. The molecule has 0 saturated heterocycles. The number of carbonyl (C=O) groups excluding carboxylic acids is 2. The van der Waals surface area contributed by atoms with Gasteiger partial charge in [0.05, 0.1) is 28.1 Å². The summed E-state index contributed by atoms with van der Waals surface area (Å²) in [4.78, 5) is 29.5. The molecule has 176 valence electrons. The number of ether oxygens (including phenoxy) is 1. The summed E-state index contributed by atoms with van der Waals surface area (Å²) in [7, 11) is 3.37. The fourth-order valence-electron chi connectivity index (χ4n) is 3.48. The second-order valence-electron chi connectivity index (χ2n) is 8.78. The van der Waals surface area contributed by atoms with Gasteiger partial charge in [0.25, 0.3) is 5.91 Å². The van der Waals surface area contributed by atoms with Crippen molar-refractivity contribution in [2.75, 3.05) is 12.4 Å². The summed E-state index contributed by atoms with van der Waals surface area (Å²) in [5.74, 6) is 0.244. The Labute approximate surface area is 201 Å². The van der Waals surface area contributed by atoms with E-state index in [1.165, 1.54) is 4.57 Å². The van der Waals surface area contributed by atoms with Crippen molar-refractivity contribution < 1.29 is 14.3 Å². The van der Waals surface area contributed by atoms with Crippen molar-refractivity contribution >= 4 is 46.0 Å². The third-order valence-corrected chi connectivity index (χ3v) is 5.30. The average molecular weight is 481 g/mol. The van der Waals surface area contributed by atoms with Crippen molar-refractivity contribution in [3.05, 3.63) is 59.5 Å². The van der Waals surface area contributed by atoms with E-state index in [2.05, 4.69) is 20.7 Å². The summed E-state index contributed by atoms with van der Waals surface area (Å²) in [5, 5.41) is 11.1. The summed E-state index contributed by atoms with van der Waals surface area (Å²) in [5.41, 5.74) is 2.37. The molecule has 0 radical (unpaired) electrons. The third kappa shape index (κ3) is 4.74. The number of pyridine rings is 1. The zero-order valence-corrected chi connectivity index (χ0v) is 20.3. The molecule has 0 fully saturated rings. The van der Waals surface area contributed by atoms with Crippen molar-refractivity contribution in [2.45, 2.75) is 26.4 Å². The molecule has 4 aromatic rings. The molecule has 9 nitrogen and oxygen atoms in total. The van der Waals surface area contributed by atoms with Crippen LogP contribution in [0.4, 0.5) is 16.3 Å². The molecule has 3 heterocycles. The van der Waals surface area contributed by atoms with Crippen molar-refractivity contribution in [3.8, 4) is 11.3 Å². The van der Waals surface area contributed by atoms with Gasteiger partial charge in [0.15, 0.2) is 0 Å². The fraction of sp³-hybridized carbons (Fsp3) is 0.250. The monoisotopic (exact) mass is 480 g/mol. The van der Waals surface area contributed by atoms with Crippen LogP contribution in [0, 0.1) is 0 Å². The second kappa shape index (κ2) is 8.83. The summed E-state index contributed by atoms with van der Waals surface area (Å²) in [6, 6.07) is 8.56. The van der Waals surface area contributed by atoms with E-state index in [0.717, 1.165) is 10.9 Å². The number of carbonyl (C=O) groups is 2. The molecule has 0 aliphatic carbocycles. The van der Waals surface area contributed by atoms with E-state index in [1.807, 2.05) is 40.1 Å². The molecule has 2 N–H and O–H groups in total. The summed E-state index contributed by atoms with van der Waals surface area (Å²) in [6.07, 6.45) is 4.68. The highest BCUT2D eigenvalue weighted by molar-refractivity contribution is 6.33. The van der Waals surface area contributed by atoms with Crippen LogP contribution >= 0.6 is 11.6 Å². The molecular formula is C24H25ClN6O3. The largest absolute Gasteiger partial charge is 0.443 e. The third-order valence-electron chi connectivity index (χ3n) is 4.98. The molecule has 0 aliphatic rings. The molecular weight excluding hydrogens is 456 g/mol. The van der Waals surface area contributed by atoms with Crippen LogP contribution in [-0.4, -0.2) is 44.0 Å². The smallest absolute Gasteiger partial charge is 0.419 e. The maximum absolute atomic E-state index is 13.2. The molecule has 1 amide bonds. The van der Waals surface area contributed by atoms with Crippen LogP contribution in [0.25, 0.3) is 22.2 Å². The Morgan fingerprint density at radius 3 is 2.50 bits per heavy atom. The number of anilines is 2. The van der Waals surface area contributed by atoms with Crippen LogP contribution in [0.3, 0.4) is 0 Å². The highest BCUT2D eigenvalue weighted by Crippen LogP contribution is 2.32. The quantitative estimate of drug-likeness (QED) is 0.427. The number of nitrogens with zero attached hydrogens (tertiary/aromatic N) is 4. The van der Waals surface area contributed by atoms with Gasteiger partial charge in [0, 0.05) is 49.1 Å². The number of fused-ring (bicyclic) bond motifs is 1. The Hall–Kier alpha value is -3.85. The number of aryl methyl sites for hydroxylation is 1. The first-order valence-electron chi connectivity index (χ1n) is 10.6. The maximum atomic E-state index is 13.2. The van der Waals surface area contributed by atoms with E-state index in [4.69, 9.17) is 16.3 Å². The minimum Gasteiger partial charge on any atom is -0.443 e. The molecule has 0 atom stereocenters. The molecule has 1 aromatic carbocycles. The van der Waals surface area contributed by atoms with E-state index in [9.17, 15) is 9.59 Å². The minimum atomic E-state index is -0.673. The molecule has 0 saturated carbocycles. The van der Waals surface area contributed by atoms with Gasteiger partial charge in [-0.1, -0.05) is 11.6 Å². The topological polar surface area (TPSA) is 103 Å². The molecule has 3 aromatic heterocycles. The van der Waals surface area contributed by atoms with Gasteiger partial charge in [-0.05, 0) is 45.0 Å². The van der Waals surface area contributed by atoms with Crippen LogP contribution < -0.4 is 10.6 Å². The number of halogens is 1. The molecule has 4 rings (SSSR count). The Kier molecular flexibility index (Phi) is 6.05. The summed E-state index contributed by atoms with van der Waals surface area (Å²) < 4.78 is 8.86. The van der Waals surface area contributed by atoms with Crippen molar-refractivity contribution in [2.24, 2.45) is 7.05 Å². The number of hydrogen-bond donors (Lipinski definition) is 2. The number of nitrogens with one attached hydrogen (secondary N) is 2. The van der Waals surface area contributed by atoms with Gasteiger partial charge >= 0.3 is 6.09 Å². The molecule has 34 heavy (non-hydrogen) atoms. The van der Waals surface area contributed by atoms with Crippen molar-refractivity contribution in [1.29, 1.82) is 0 Å². The molecule has 10 heteroatoms. The van der Waals surface area contributed by atoms with E-state index < -0.39 is 11.7 Å². The molecule has 0 bridgehead atoms. The highest BCUT2D eigenvalue weighted by atomic mass is 35.5. The lowest BCUT2D eigenvalue weighted by Gasteiger charge is -2.21. The number of hydrogen-bond acceptors (Lipinski definition) is 6. The Bertz CT molecular complexity index is 1400. The van der Waals surface area contributed by atoms with Gasteiger partial charge in [-0.3, -0.25) is 9.48 Å². The van der Waals surface area contributed by atoms with E-state index >= 15 is 0 Å². The number of aromatic nitrogens is 4. The van der Waals surface area contributed by atoms with Crippen LogP contribution in [0.1, 0.15) is 31.1 Å². The number of benzene rings is 1. The zero-order valence-electron chi connectivity index (χ0n) is 19.5. The first kappa shape index (κ1) is 23.3. The van der Waals surface area contributed by atoms with Gasteiger partial charge in [0.2, 0.25) is 0 Å². The first-order valence-corrected chi connectivity index (χ1v) is 11.0. The second-order valence-corrected chi connectivity index (χ2v) is 9.18. The van der Waals surface area contributed by atoms with Gasteiger partial charge in [-0.15, -0.1) is 0 Å². The molecule has 0 unspecified atom stereocenters. The fourth-order valence-corrected chi connectivity index (χ4v) is 3.71. The van der Waals surface area contributed by atoms with E-state index in [-0.39, 0.29) is 5.91 Å². The number of amides is 1. The average Bonchev–Trinajstić information content (AvgIpc) is 3.36. The summed E-state index contributed by atoms with van der Waals surface area (Å²) in [6.45, 7) is 5.46. The van der Waals surface area contributed by atoms with Crippen LogP contribution in [0.15, 0.2) is 48.9 Å². The lowest BCUT2D eigenvalue weighted by molar-refractivity contribution is 0.0547. The Balaban J connectivity index is 1.77. The normalized spacial score (nSPS) is 11.5. The van der Waals surface area contributed by atoms with Gasteiger partial charge in [-0.25, -0.2) is 14.3 Å². The zero-order chi connectivity index (χ0) is 24.6. The SMILES string of the molecule is CNC(=O)c1ccc(Nc2cc3c(cn2)cc(-c2cnn(C)c2)n3C(=O)OC(C)(C)C)c(Cl)c1. The van der Waals surface area contributed by atoms with Crippen LogP contribution in [0.2, 0.25) is 5.02 Å². The Morgan fingerprint density at radius 2 is 1.88 bits per heavy atom.